The molecule has 3 aromatic rings. The minimum atomic E-state index is -0.893. The maximum atomic E-state index is 12.9. The van der Waals surface area contributed by atoms with E-state index in [-0.39, 0.29) is 42.5 Å². The van der Waals surface area contributed by atoms with E-state index < -0.39 is 29.9 Å². The number of hydrogen-bond donors (Lipinski definition) is 6. The van der Waals surface area contributed by atoms with Crippen LogP contribution in [-0.2, 0) is 20.8 Å². The molecule has 2 amide bonds. The third kappa shape index (κ3) is 9.48. The second-order valence-electron chi connectivity index (χ2n) is 10.7. The van der Waals surface area contributed by atoms with Crippen LogP contribution in [0.5, 0.6) is 0 Å². The number of hydrogen-bond acceptors (Lipinski definition) is 10. The average molecular weight is 649 g/mol. The number of aromatic nitrogens is 3. The van der Waals surface area contributed by atoms with Gasteiger partial charge in [-0.05, 0) is 37.1 Å². The molecule has 2 aromatic heterocycles. The molecule has 3 atom stereocenters. The van der Waals surface area contributed by atoms with Crippen molar-refractivity contribution in [1.82, 2.24) is 25.2 Å². The van der Waals surface area contributed by atoms with E-state index in [1.807, 2.05) is 0 Å². The third-order valence-electron chi connectivity index (χ3n) is 7.40. The molecule has 1 aliphatic heterocycles. The second-order valence-corrected chi connectivity index (χ2v) is 11.0. The van der Waals surface area contributed by atoms with Crippen LogP contribution in [0.15, 0.2) is 35.3 Å². The summed E-state index contributed by atoms with van der Waals surface area (Å²) in [5.74, 6) is -0.105. The van der Waals surface area contributed by atoms with Crippen molar-refractivity contribution in [3.8, 4) is 0 Å². The number of carbonyl (C=O) groups is 2. The number of fused-ring (bicyclic) bond motifs is 1. The van der Waals surface area contributed by atoms with Gasteiger partial charge in [-0.1, -0.05) is 12.8 Å². The topological polar surface area (TPSA) is 203 Å². The lowest BCUT2D eigenvalue weighted by Crippen LogP contribution is -2.28. The molecule has 246 valence electrons. The number of aliphatic hydroxyl groups excluding tert-OH is 2. The first-order chi connectivity index (χ1) is 21.8. The van der Waals surface area contributed by atoms with Crippen LogP contribution in [-0.4, -0.2) is 94.2 Å². The Hall–Kier alpha value is -3.53. The number of nitrogens with zero attached hydrogens (tertiary/aromatic N) is 2. The van der Waals surface area contributed by atoms with Gasteiger partial charge < -0.3 is 45.4 Å². The summed E-state index contributed by atoms with van der Waals surface area (Å²) >= 11 is 5.66. The van der Waals surface area contributed by atoms with E-state index in [1.54, 1.807) is 22.9 Å². The van der Waals surface area contributed by atoms with Crippen LogP contribution in [0, 0.1) is 0 Å². The summed E-state index contributed by atoms with van der Waals surface area (Å²) in [5, 5.41) is 25.4. The molecule has 14 nitrogen and oxygen atoms in total. The number of nitrogen functional groups attached to an aromatic ring is 1. The minimum Gasteiger partial charge on any atom is -0.394 e. The van der Waals surface area contributed by atoms with Crippen LogP contribution in [0.3, 0.4) is 0 Å². The van der Waals surface area contributed by atoms with Gasteiger partial charge in [-0.2, -0.15) is 4.98 Å². The number of aromatic amines is 1. The number of anilines is 1. The van der Waals surface area contributed by atoms with Crippen LogP contribution < -0.4 is 21.9 Å². The zero-order chi connectivity index (χ0) is 32.2. The average Bonchev–Trinajstić information content (AvgIpc) is 3.60. The molecule has 1 aliphatic rings. The Morgan fingerprint density at radius 1 is 1.04 bits per heavy atom. The third-order valence-corrected chi connectivity index (χ3v) is 7.67. The van der Waals surface area contributed by atoms with Gasteiger partial charge in [0.15, 0.2) is 5.65 Å². The lowest BCUT2D eigenvalue weighted by molar-refractivity contribution is -0.0430. The number of nitrogens with two attached hydrogens (primary N) is 1. The highest BCUT2D eigenvalue weighted by Gasteiger charge is 2.35. The van der Waals surface area contributed by atoms with Crippen molar-refractivity contribution in [2.45, 2.75) is 57.1 Å². The van der Waals surface area contributed by atoms with Crippen molar-refractivity contribution in [3.05, 3.63) is 57.5 Å². The fraction of sp³-hybridized carbons (Fsp3) is 0.533. The van der Waals surface area contributed by atoms with Gasteiger partial charge in [-0.25, -0.2) is 0 Å². The van der Waals surface area contributed by atoms with Crippen molar-refractivity contribution in [2.24, 2.45) is 0 Å². The van der Waals surface area contributed by atoms with Gasteiger partial charge in [0.1, 0.15) is 12.3 Å². The Morgan fingerprint density at radius 3 is 2.38 bits per heavy atom. The second kappa shape index (κ2) is 17.2. The first kappa shape index (κ1) is 34.3. The molecule has 0 aliphatic carbocycles. The number of alkyl halides is 1. The van der Waals surface area contributed by atoms with Crippen molar-refractivity contribution in [1.29, 1.82) is 0 Å². The largest absolute Gasteiger partial charge is 0.394 e. The van der Waals surface area contributed by atoms with Crippen molar-refractivity contribution >= 4 is 40.4 Å². The van der Waals surface area contributed by atoms with E-state index in [0.29, 0.717) is 55.5 Å². The van der Waals surface area contributed by atoms with E-state index in [0.717, 1.165) is 25.7 Å². The number of aliphatic hydroxyl groups is 2. The number of benzene rings is 1. The molecule has 0 radical (unpaired) electrons. The number of halogens is 1. The van der Waals surface area contributed by atoms with Gasteiger partial charge in [-0.15, -0.1) is 11.6 Å². The highest BCUT2D eigenvalue weighted by Crippen LogP contribution is 2.32. The smallest absolute Gasteiger partial charge is 0.262 e. The van der Waals surface area contributed by atoms with Crippen LogP contribution in [0.1, 0.15) is 64.6 Å². The number of nitrogens with one attached hydrogen (secondary N) is 3. The molecular formula is C30H41ClN6O8. The number of H-pyrrole nitrogens is 1. The van der Waals surface area contributed by atoms with Crippen molar-refractivity contribution in [3.63, 3.8) is 0 Å². The molecule has 0 bridgehead atoms. The molecule has 45 heavy (non-hydrogen) atoms. The highest BCUT2D eigenvalue weighted by atomic mass is 35.5. The van der Waals surface area contributed by atoms with Crippen molar-refractivity contribution < 1.29 is 34.0 Å². The SMILES string of the molecule is Nc1nc2c(c(CNC(=O)c3ccc(C(=O)NCCOCCOCCCCCCCl)cc3)cn2[C@H]2CC(O)[C@@H](CO)O2)c(=O)[nH]1. The van der Waals surface area contributed by atoms with E-state index in [1.165, 1.54) is 12.1 Å². The minimum absolute atomic E-state index is 0.0163. The zero-order valence-corrected chi connectivity index (χ0v) is 25.8. The van der Waals surface area contributed by atoms with Gasteiger partial charge in [-0.3, -0.25) is 19.4 Å². The lowest BCUT2D eigenvalue weighted by atomic mass is 10.1. The Bertz CT molecular complexity index is 1460. The predicted octanol–water partition coefficient (Wildman–Crippen LogP) is 1.44. The first-order valence-corrected chi connectivity index (χ1v) is 15.6. The van der Waals surface area contributed by atoms with Gasteiger partial charge >= 0.3 is 0 Å². The van der Waals surface area contributed by atoms with E-state index >= 15 is 0 Å². The summed E-state index contributed by atoms with van der Waals surface area (Å²) in [6.07, 6.45) is 3.68. The predicted molar refractivity (Wildman–Crippen MR) is 167 cm³/mol. The Kier molecular flexibility index (Phi) is 13.2. The molecule has 1 aromatic carbocycles. The van der Waals surface area contributed by atoms with E-state index in [2.05, 4.69) is 20.6 Å². The number of carbonyl (C=O) groups excluding carboxylic acids is 2. The Morgan fingerprint density at radius 2 is 1.71 bits per heavy atom. The summed E-state index contributed by atoms with van der Waals surface area (Å²) in [6.45, 7) is 1.95. The molecule has 1 unspecified atom stereocenters. The zero-order valence-electron chi connectivity index (χ0n) is 25.0. The quantitative estimate of drug-likeness (QED) is 0.0865. The summed E-state index contributed by atoms with van der Waals surface area (Å²) in [7, 11) is 0. The molecule has 0 spiro atoms. The molecule has 1 saturated heterocycles. The molecule has 15 heteroatoms. The van der Waals surface area contributed by atoms with Gasteiger partial charge in [0.05, 0.1) is 37.9 Å². The van der Waals surface area contributed by atoms with Gasteiger partial charge in [0, 0.05) is 54.9 Å². The molecule has 7 N–H and O–H groups in total. The first-order valence-electron chi connectivity index (χ1n) is 15.0. The summed E-state index contributed by atoms with van der Waals surface area (Å²) in [6, 6.07) is 6.18. The Labute approximate surface area is 265 Å². The number of rotatable bonds is 18. The molecule has 4 rings (SSSR count). The number of unbranched alkanes of at least 4 members (excludes halogenated alkanes) is 3. The molecule has 0 saturated carbocycles. The van der Waals surface area contributed by atoms with Gasteiger partial charge in [0.2, 0.25) is 5.95 Å². The molecule has 3 heterocycles. The standard InChI is InChI=1S/C30H41ClN6O8/c31-9-3-1-2-4-11-43-13-14-44-12-10-33-27(40)19-5-7-20(8-6-19)28(41)34-16-21-17-37(24-15-22(39)23(18-38)45-24)26-25(21)29(42)36-30(32)35-26/h5-8,17,22-24,38-39H,1-4,9-16,18H2,(H,33,40)(H,34,41)(H3,32,35,36,42)/t22?,23-,24-/m1/s1. The van der Waals surface area contributed by atoms with Crippen LogP contribution in [0.2, 0.25) is 0 Å². The summed E-state index contributed by atoms with van der Waals surface area (Å²) in [4.78, 5) is 44.8. The summed E-state index contributed by atoms with van der Waals surface area (Å²) in [5.41, 5.74) is 6.68. The lowest BCUT2D eigenvalue weighted by Gasteiger charge is -2.14. The summed E-state index contributed by atoms with van der Waals surface area (Å²) < 4.78 is 18.3. The molecular weight excluding hydrogens is 608 g/mol. The van der Waals surface area contributed by atoms with Crippen LogP contribution >= 0.6 is 11.6 Å². The number of ether oxygens (including phenoxy) is 3. The monoisotopic (exact) mass is 648 g/mol. The fourth-order valence-corrected chi connectivity index (χ4v) is 5.20. The normalized spacial score (nSPS) is 18.0. The van der Waals surface area contributed by atoms with E-state index in [9.17, 15) is 24.6 Å². The maximum Gasteiger partial charge on any atom is 0.262 e. The Balaban J connectivity index is 1.24. The van der Waals surface area contributed by atoms with Crippen LogP contribution in [0.4, 0.5) is 5.95 Å². The fourth-order valence-electron chi connectivity index (χ4n) is 5.02. The van der Waals surface area contributed by atoms with Crippen LogP contribution in [0.25, 0.3) is 11.0 Å². The number of amides is 2. The highest BCUT2D eigenvalue weighted by molar-refractivity contribution is 6.17. The van der Waals surface area contributed by atoms with Gasteiger partial charge in [0.25, 0.3) is 17.4 Å². The molecule has 1 fully saturated rings. The van der Waals surface area contributed by atoms with Crippen molar-refractivity contribution in [2.75, 3.05) is 51.2 Å². The maximum absolute atomic E-state index is 12.9. The van der Waals surface area contributed by atoms with E-state index in [4.69, 9.17) is 31.5 Å².